The van der Waals surface area contributed by atoms with Crippen molar-refractivity contribution in [3.05, 3.63) is 52.9 Å². The summed E-state index contributed by atoms with van der Waals surface area (Å²) in [6, 6.07) is 7.48. The van der Waals surface area contributed by atoms with E-state index in [1.54, 1.807) is 12.1 Å². The molecule has 0 atom stereocenters. The number of rotatable bonds is 3. The number of pyridine rings is 1. The Balaban J connectivity index is 2.23. The van der Waals surface area contributed by atoms with Gasteiger partial charge in [0.2, 0.25) is 0 Å². The van der Waals surface area contributed by atoms with E-state index in [-0.39, 0.29) is 10.8 Å². The van der Waals surface area contributed by atoms with Gasteiger partial charge in [-0.1, -0.05) is 23.8 Å². The minimum absolute atomic E-state index is 0.276. The lowest BCUT2D eigenvalue weighted by Gasteiger charge is -2.08. The number of aromatic nitrogens is 1. The number of nitrogens with two attached hydrogens (primary N) is 1. The third kappa shape index (κ3) is 2.94. The molecule has 3 N–H and O–H groups in total. The molecule has 0 saturated heterocycles. The van der Waals surface area contributed by atoms with Crippen LogP contribution in [0, 0.1) is 5.82 Å². The molecule has 0 aliphatic carbocycles. The van der Waals surface area contributed by atoms with Gasteiger partial charge < -0.3 is 11.1 Å². The average Bonchev–Trinajstić information content (AvgIpc) is 2.34. The fourth-order valence-corrected chi connectivity index (χ4v) is 1.63. The summed E-state index contributed by atoms with van der Waals surface area (Å²) in [7, 11) is 0. The van der Waals surface area contributed by atoms with Gasteiger partial charge in [-0.3, -0.25) is 0 Å². The maximum Gasteiger partial charge on any atom is 0.130 e. The first-order chi connectivity index (χ1) is 8.56. The van der Waals surface area contributed by atoms with Crippen molar-refractivity contribution < 1.29 is 4.39 Å². The third-order valence-corrected chi connectivity index (χ3v) is 2.80. The Morgan fingerprint density at radius 3 is 2.72 bits per heavy atom. The van der Waals surface area contributed by atoms with E-state index in [0.29, 0.717) is 22.1 Å². The number of hydrogen-bond donors (Lipinski definition) is 2. The number of anilines is 2. The Bertz CT molecular complexity index is 586. The first-order valence-corrected chi connectivity index (χ1v) is 5.83. The predicted octanol–water partition coefficient (Wildman–Crippen LogP) is 3.25. The summed E-state index contributed by atoms with van der Waals surface area (Å²) < 4.78 is 13.1. The first-order valence-electron chi connectivity index (χ1n) is 5.04. The maximum absolute atomic E-state index is 13.1. The summed E-state index contributed by atoms with van der Waals surface area (Å²) in [4.78, 5) is 4.38. The van der Waals surface area contributed by atoms with E-state index >= 15 is 0 Å². The summed E-state index contributed by atoms with van der Waals surface area (Å²) in [5.74, 6) is 0.157. The molecule has 0 bridgehead atoms. The van der Waals surface area contributed by atoms with Crippen LogP contribution < -0.4 is 11.1 Å². The highest BCUT2D eigenvalue weighted by Gasteiger charge is 2.04. The van der Waals surface area contributed by atoms with Gasteiger partial charge >= 0.3 is 0 Å². The van der Waals surface area contributed by atoms with Gasteiger partial charge in [0, 0.05) is 11.8 Å². The number of halogens is 2. The molecule has 0 fully saturated rings. The molecule has 18 heavy (non-hydrogen) atoms. The molecule has 0 radical (unpaired) electrons. The Kier molecular flexibility index (Phi) is 3.74. The molecule has 0 unspecified atom stereocenters. The molecule has 92 valence electrons. The van der Waals surface area contributed by atoms with Crippen LogP contribution in [-0.2, 0) is 0 Å². The van der Waals surface area contributed by atoms with Crippen LogP contribution in [0.25, 0.3) is 0 Å². The molecule has 2 rings (SSSR count). The minimum Gasteiger partial charge on any atom is -0.389 e. The topological polar surface area (TPSA) is 50.9 Å². The van der Waals surface area contributed by atoms with Crippen molar-refractivity contribution in [3.8, 4) is 0 Å². The molecule has 3 nitrogen and oxygen atoms in total. The van der Waals surface area contributed by atoms with Gasteiger partial charge in [-0.25, -0.2) is 9.37 Å². The average molecular weight is 282 g/mol. The Morgan fingerprint density at radius 2 is 2.11 bits per heavy atom. The molecule has 2 aromatic rings. The standard InChI is InChI=1S/C12H9ClFN3S/c13-9-3-2-8(14)5-10(9)17-11-4-1-7(6-16-11)12(15)18/h1-6H,(H2,15,18)(H,16,17). The molecule has 1 heterocycles. The highest BCUT2D eigenvalue weighted by molar-refractivity contribution is 7.80. The Labute approximate surface area is 114 Å². The summed E-state index contributed by atoms with van der Waals surface area (Å²) in [5, 5.41) is 3.33. The van der Waals surface area contributed by atoms with Crippen LogP contribution in [0.5, 0.6) is 0 Å². The van der Waals surface area contributed by atoms with Crippen LogP contribution in [0.4, 0.5) is 15.9 Å². The molecular formula is C12H9ClFN3S. The van der Waals surface area contributed by atoms with E-state index in [2.05, 4.69) is 10.3 Å². The number of benzene rings is 1. The predicted molar refractivity (Wildman–Crippen MR) is 74.8 cm³/mol. The molecule has 1 aromatic heterocycles. The largest absolute Gasteiger partial charge is 0.389 e. The summed E-state index contributed by atoms with van der Waals surface area (Å²) in [6.45, 7) is 0. The summed E-state index contributed by atoms with van der Waals surface area (Å²) in [5.41, 5.74) is 6.58. The number of hydrogen-bond acceptors (Lipinski definition) is 3. The second-order valence-corrected chi connectivity index (χ2v) is 4.39. The van der Waals surface area contributed by atoms with Crippen molar-refractivity contribution in [1.29, 1.82) is 0 Å². The Morgan fingerprint density at radius 1 is 1.33 bits per heavy atom. The van der Waals surface area contributed by atoms with Gasteiger partial charge in [0.25, 0.3) is 0 Å². The van der Waals surface area contributed by atoms with Crippen molar-refractivity contribution in [2.75, 3.05) is 5.32 Å². The fraction of sp³-hybridized carbons (Fsp3) is 0. The molecule has 0 aliphatic rings. The van der Waals surface area contributed by atoms with Crippen molar-refractivity contribution >= 4 is 40.3 Å². The van der Waals surface area contributed by atoms with E-state index in [1.165, 1.54) is 24.4 Å². The molecule has 1 aromatic carbocycles. The third-order valence-electron chi connectivity index (χ3n) is 2.24. The van der Waals surface area contributed by atoms with E-state index in [0.717, 1.165) is 0 Å². The van der Waals surface area contributed by atoms with Crippen LogP contribution in [0.2, 0.25) is 5.02 Å². The van der Waals surface area contributed by atoms with Gasteiger partial charge in [-0.05, 0) is 30.3 Å². The molecule has 0 spiro atoms. The second kappa shape index (κ2) is 5.29. The van der Waals surface area contributed by atoms with Gasteiger partial charge in [-0.2, -0.15) is 0 Å². The zero-order valence-corrected chi connectivity index (χ0v) is 10.7. The van der Waals surface area contributed by atoms with Crippen LogP contribution in [0.3, 0.4) is 0 Å². The molecule has 0 saturated carbocycles. The van der Waals surface area contributed by atoms with Crippen molar-refractivity contribution in [2.45, 2.75) is 0 Å². The highest BCUT2D eigenvalue weighted by atomic mass is 35.5. The zero-order valence-electron chi connectivity index (χ0n) is 9.15. The maximum atomic E-state index is 13.1. The summed E-state index contributed by atoms with van der Waals surface area (Å²) in [6.07, 6.45) is 1.54. The quantitative estimate of drug-likeness (QED) is 0.848. The lowest BCUT2D eigenvalue weighted by atomic mass is 10.2. The van der Waals surface area contributed by atoms with E-state index in [9.17, 15) is 4.39 Å². The normalized spacial score (nSPS) is 10.1. The van der Waals surface area contributed by atoms with Gasteiger partial charge in [0.15, 0.2) is 0 Å². The van der Waals surface area contributed by atoms with Gasteiger partial charge in [0.1, 0.15) is 16.6 Å². The summed E-state index contributed by atoms with van der Waals surface area (Å²) >= 11 is 10.7. The fourth-order valence-electron chi connectivity index (χ4n) is 1.34. The van der Waals surface area contributed by atoms with Crippen molar-refractivity contribution in [3.63, 3.8) is 0 Å². The molecule has 0 amide bonds. The SMILES string of the molecule is NC(=S)c1ccc(Nc2cc(F)ccc2Cl)nc1. The zero-order chi connectivity index (χ0) is 13.1. The molecule has 6 heteroatoms. The van der Waals surface area contributed by atoms with E-state index in [1.807, 2.05) is 0 Å². The molecular weight excluding hydrogens is 273 g/mol. The lowest BCUT2D eigenvalue weighted by Crippen LogP contribution is -2.09. The molecule has 0 aliphatic heterocycles. The Hall–Kier alpha value is -1.72. The lowest BCUT2D eigenvalue weighted by molar-refractivity contribution is 0.628. The van der Waals surface area contributed by atoms with Crippen LogP contribution >= 0.6 is 23.8 Å². The van der Waals surface area contributed by atoms with Crippen molar-refractivity contribution in [2.24, 2.45) is 5.73 Å². The van der Waals surface area contributed by atoms with Crippen LogP contribution in [0.1, 0.15) is 5.56 Å². The van der Waals surface area contributed by atoms with Crippen LogP contribution in [-0.4, -0.2) is 9.97 Å². The minimum atomic E-state index is -0.373. The number of nitrogens with zero attached hydrogens (tertiary/aromatic N) is 1. The van der Waals surface area contributed by atoms with Crippen molar-refractivity contribution in [1.82, 2.24) is 4.98 Å². The second-order valence-electron chi connectivity index (χ2n) is 3.55. The smallest absolute Gasteiger partial charge is 0.130 e. The van der Waals surface area contributed by atoms with Gasteiger partial charge in [0.05, 0.1) is 10.7 Å². The number of nitrogens with one attached hydrogen (secondary N) is 1. The monoisotopic (exact) mass is 281 g/mol. The van der Waals surface area contributed by atoms with Crippen LogP contribution in [0.15, 0.2) is 36.5 Å². The highest BCUT2D eigenvalue weighted by Crippen LogP contribution is 2.25. The van der Waals surface area contributed by atoms with Gasteiger partial charge in [-0.15, -0.1) is 0 Å². The first kappa shape index (κ1) is 12.7. The number of thiocarbonyl (C=S) groups is 1. The van der Waals surface area contributed by atoms with E-state index in [4.69, 9.17) is 29.6 Å². The van der Waals surface area contributed by atoms with E-state index < -0.39 is 0 Å².